The molecule has 1 unspecified atom stereocenters. The molecule has 3 saturated heterocycles. The number of urea groups is 1. The second-order valence-corrected chi connectivity index (χ2v) is 14.1. The van der Waals surface area contributed by atoms with Gasteiger partial charge in [0.15, 0.2) is 6.10 Å². The van der Waals surface area contributed by atoms with Crippen LogP contribution < -0.4 is 5.32 Å². The molecular formula is C37H52N6O4. The Hall–Kier alpha value is -3.63. The number of rotatable bonds is 6. The highest BCUT2D eigenvalue weighted by Gasteiger charge is 2.36. The van der Waals surface area contributed by atoms with Gasteiger partial charge in [-0.15, -0.1) is 0 Å². The van der Waals surface area contributed by atoms with E-state index in [4.69, 9.17) is 4.74 Å². The fourth-order valence-corrected chi connectivity index (χ4v) is 7.77. The number of amides is 4. The zero-order valence-corrected chi connectivity index (χ0v) is 28.7. The van der Waals surface area contributed by atoms with Crippen LogP contribution in [0, 0.1) is 20.8 Å². The molecule has 0 saturated carbocycles. The summed E-state index contributed by atoms with van der Waals surface area (Å²) in [6.07, 6.45) is 3.07. The second kappa shape index (κ2) is 14.6. The van der Waals surface area contributed by atoms with Crippen LogP contribution in [0.15, 0.2) is 36.4 Å². The minimum Gasteiger partial charge on any atom is -0.436 e. The number of nitrogens with one attached hydrogen (secondary N) is 1. The Balaban J connectivity index is 1.08. The van der Waals surface area contributed by atoms with Crippen molar-refractivity contribution in [3.63, 3.8) is 0 Å². The molecule has 6 rings (SSSR count). The summed E-state index contributed by atoms with van der Waals surface area (Å²) >= 11 is 0. The van der Waals surface area contributed by atoms with Crippen LogP contribution in [-0.2, 0) is 22.4 Å². The molecule has 0 aromatic heterocycles. The van der Waals surface area contributed by atoms with E-state index in [-0.39, 0.29) is 18.0 Å². The monoisotopic (exact) mass is 644 g/mol. The number of likely N-dealkylation sites (N-methyl/N-ethyl adjacent to an activating group) is 1. The molecule has 4 heterocycles. The van der Waals surface area contributed by atoms with Crippen molar-refractivity contribution in [2.45, 2.75) is 77.5 Å². The summed E-state index contributed by atoms with van der Waals surface area (Å²) in [5, 5.41) is 3.07. The molecule has 0 bridgehead atoms. The summed E-state index contributed by atoms with van der Waals surface area (Å²) in [6.45, 7) is 13.6. The molecule has 254 valence electrons. The minimum absolute atomic E-state index is 0.0471. The molecule has 4 aliphatic heterocycles. The van der Waals surface area contributed by atoms with Gasteiger partial charge in [0.05, 0.1) is 0 Å². The van der Waals surface area contributed by atoms with Gasteiger partial charge in [0.2, 0.25) is 0 Å². The van der Waals surface area contributed by atoms with Crippen LogP contribution in [0.1, 0.15) is 53.5 Å². The Kier molecular flexibility index (Phi) is 10.4. The number of fused-ring (bicyclic) bond motifs is 1. The number of para-hydroxylation sites is 1. The molecule has 1 N–H and O–H groups in total. The topological polar surface area (TPSA) is 88.7 Å². The van der Waals surface area contributed by atoms with E-state index >= 15 is 0 Å². The van der Waals surface area contributed by atoms with Gasteiger partial charge in [-0.3, -0.25) is 9.69 Å². The van der Waals surface area contributed by atoms with Crippen molar-refractivity contribution in [2.24, 2.45) is 0 Å². The van der Waals surface area contributed by atoms with Gasteiger partial charge >= 0.3 is 12.1 Å². The highest BCUT2D eigenvalue weighted by Crippen LogP contribution is 2.26. The Bertz CT molecular complexity index is 1420. The van der Waals surface area contributed by atoms with Gasteiger partial charge < -0.3 is 29.7 Å². The van der Waals surface area contributed by atoms with Crippen molar-refractivity contribution < 1.29 is 19.1 Å². The van der Waals surface area contributed by atoms with Crippen molar-refractivity contribution >= 4 is 23.7 Å². The van der Waals surface area contributed by atoms with Gasteiger partial charge in [-0.1, -0.05) is 30.3 Å². The van der Waals surface area contributed by atoms with E-state index in [0.717, 1.165) is 62.3 Å². The normalized spacial score (nSPS) is 21.2. The first kappa shape index (κ1) is 33.3. The fourth-order valence-electron chi connectivity index (χ4n) is 7.77. The fraction of sp³-hybridized carbons (Fsp3) is 0.595. The van der Waals surface area contributed by atoms with Crippen molar-refractivity contribution in [3.05, 3.63) is 64.2 Å². The number of hydrogen-bond acceptors (Lipinski definition) is 6. The summed E-state index contributed by atoms with van der Waals surface area (Å²) in [6, 6.07) is 12.6. The summed E-state index contributed by atoms with van der Waals surface area (Å²) in [4.78, 5) is 51.3. The van der Waals surface area contributed by atoms with E-state index in [1.807, 2.05) is 28.0 Å². The Morgan fingerprint density at radius 3 is 2.13 bits per heavy atom. The number of aryl methyl sites for hydroxylation is 2. The first-order valence-electron chi connectivity index (χ1n) is 17.6. The van der Waals surface area contributed by atoms with Crippen LogP contribution in [0.5, 0.6) is 0 Å². The van der Waals surface area contributed by atoms with Crippen LogP contribution in [0.3, 0.4) is 0 Å². The number of benzene rings is 2. The second-order valence-electron chi connectivity index (χ2n) is 14.1. The van der Waals surface area contributed by atoms with Crippen LogP contribution in [0.4, 0.5) is 15.3 Å². The van der Waals surface area contributed by atoms with Gasteiger partial charge in [0.25, 0.3) is 5.91 Å². The van der Waals surface area contributed by atoms with Crippen LogP contribution >= 0.6 is 0 Å². The van der Waals surface area contributed by atoms with Gasteiger partial charge in [-0.25, -0.2) is 9.59 Å². The lowest BCUT2D eigenvalue weighted by Gasteiger charge is -2.42. The maximum atomic E-state index is 14.1. The predicted molar refractivity (Wildman–Crippen MR) is 184 cm³/mol. The van der Waals surface area contributed by atoms with Gasteiger partial charge in [-0.2, -0.15) is 0 Å². The van der Waals surface area contributed by atoms with E-state index in [1.54, 1.807) is 4.90 Å². The molecule has 10 nitrogen and oxygen atoms in total. The molecular weight excluding hydrogens is 592 g/mol. The van der Waals surface area contributed by atoms with Crippen molar-refractivity contribution in [2.75, 3.05) is 71.3 Å². The number of hydrogen-bond donors (Lipinski definition) is 1. The molecule has 0 spiro atoms. The van der Waals surface area contributed by atoms with Crippen molar-refractivity contribution in [1.82, 2.24) is 24.5 Å². The largest absolute Gasteiger partial charge is 0.436 e. The molecule has 4 amide bonds. The molecule has 0 aliphatic carbocycles. The highest BCUT2D eigenvalue weighted by molar-refractivity contribution is 5.91. The van der Waals surface area contributed by atoms with E-state index in [0.29, 0.717) is 58.0 Å². The van der Waals surface area contributed by atoms with E-state index in [2.05, 4.69) is 61.1 Å². The quantitative estimate of drug-likeness (QED) is 0.500. The van der Waals surface area contributed by atoms with Gasteiger partial charge in [0.1, 0.15) is 0 Å². The number of piperazine rings is 1. The minimum atomic E-state index is -0.878. The van der Waals surface area contributed by atoms with Gasteiger partial charge in [0, 0.05) is 83.1 Å². The Labute approximate surface area is 280 Å². The summed E-state index contributed by atoms with van der Waals surface area (Å²) < 4.78 is 6.12. The molecule has 0 radical (unpaired) electrons. The van der Waals surface area contributed by atoms with Crippen LogP contribution in [0.2, 0.25) is 0 Å². The lowest BCUT2D eigenvalue weighted by Crippen LogP contribution is -2.54. The van der Waals surface area contributed by atoms with Crippen LogP contribution in [-0.4, -0.2) is 127 Å². The molecule has 2 aromatic rings. The third-order valence-electron chi connectivity index (χ3n) is 11.1. The zero-order chi connectivity index (χ0) is 33.1. The maximum Gasteiger partial charge on any atom is 0.410 e. The third kappa shape index (κ3) is 7.75. The number of likely N-dealkylation sites (tertiary alicyclic amines) is 2. The number of ether oxygens (including phenoxy) is 1. The lowest BCUT2D eigenvalue weighted by atomic mass is 9.96. The lowest BCUT2D eigenvalue weighted by molar-refractivity contribution is -0.142. The van der Waals surface area contributed by atoms with Gasteiger partial charge in [-0.05, 0) is 93.8 Å². The number of carbonyl (C=O) groups excluding carboxylic acids is 3. The smallest absolute Gasteiger partial charge is 0.410 e. The number of piperidine rings is 2. The predicted octanol–water partition coefficient (Wildman–Crippen LogP) is 4.45. The average Bonchev–Trinajstić information content (AvgIpc) is 3.25. The molecule has 1 atom stereocenters. The molecule has 2 aromatic carbocycles. The third-order valence-corrected chi connectivity index (χ3v) is 11.1. The summed E-state index contributed by atoms with van der Waals surface area (Å²) in [5.41, 5.74) is 6.61. The van der Waals surface area contributed by atoms with E-state index < -0.39 is 12.2 Å². The molecule has 10 heteroatoms. The summed E-state index contributed by atoms with van der Waals surface area (Å²) in [5.74, 6) is -0.0956. The van der Waals surface area contributed by atoms with Crippen molar-refractivity contribution in [3.8, 4) is 0 Å². The zero-order valence-electron chi connectivity index (χ0n) is 28.7. The first-order valence-corrected chi connectivity index (χ1v) is 17.6. The molecule has 47 heavy (non-hydrogen) atoms. The Morgan fingerprint density at radius 1 is 0.830 bits per heavy atom. The highest BCUT2D eigenvalue weighted by atomic mass is 16.6. The maximum absolute atomic E-state index is 14.1. The average molecular weight is 645 g/mol. The SMILES string of the molecule is Cc1cc(CC(OC(=O)N2CCC(N3CCc4ccccc4NC3=O)CC2)C(=O)N2CCC(N3CCN(C)CC3)CC2)cc(C)c1C. The number of anilines is 1. The first-order chi connectivity index (χ1) is 22.7. The van der Waals surface area contributed by atoms with E-state index in [1.165, 1.54) is 16.7 Å². The summed E-state index contributed by atoms with van der Waals surface area (Å²) in [7, 11) is 2.17. The number of carbonyl (C=O) groups is 3. The Morgan fingerprint density at radius 2 is 1.45 bits per heavy atom. The molecule has 4 aliphatic rings. The van der Waals surface area contributed by atoms with E-state index in [9.17, 15) is 14.4 Å². The standard InChI is InChI=1S/C37H52N6O4/c1-26-23-29(24-27(2)28(26)3)25-34(35(44)41-14-10-31(11-15-41)40-21-19-39(4)20-22-40)47-37(46)42-16-12-32(13-17-42)43-18-9-30-7-5-6-8-33(30)38-36(43)45/h5-8,23-24,31-32,34H,9-22,25H2,1-4H3,(H,38,45). The number of nitrogens with zero attached hydrogens (tertiary/aromatic N) is 5. The van der Waals surface area contributed by atoms with Crippen LogP contribution in [0.25, 0.3) is 0 Å². The molecule has 3 fully saturated rings. The van der Waals surface area contributed by atoms with Crippen molar-refractivity contribution in [1.29, 1.82) is 0 Å².